The summed E-state index contributed by atoms with van der Waals surface area (Å²) in [5.41, 5.74) is 4.32. The van der Waals surface area contributed by atoms with Gasteiger partial charge < -0.3 is 14.4 Å². The average molecular weight is 538 g/mol. The lowest BCUT2D eigenvalue weighted by molar-refractivity contribution is -0.153. The average Bonchev–Trinajstić information content (AvgIpc) is 3.11. The Bertz CT molecular complexity index is 1120. The lowest BCUT2D eigenvalue weighted by Crippen LogP contribution is -2.17. The van der Waals surface area contributed by atoms with Crippen molar-refractivity contribution < 1.29 is 14.6 Å². The zero-order valence-corrected chi connectivity index (χ0v) is 23.5. The molecule has 1 aromatic carbocycles. The molecule has 0 amide bonds. The van der Waals surface area contributed by atoms with Gasteiger partial charge in [0.15, 0.2) is 6.10 Å². The first-order valence-corrected chi connectivity index (χ1v) is 13.5. The van der Waals surface area contributed by atoms with E-state index >= 15 is 0 Å². The third-order valence-corrected chi connectivity index (χ3v) is 6.94. The van der Waals surface area contributed by atoms with Crippen molar-refractivity contribution in [3.8, 4) is 0 Å². The van der Waals surface area contributed by atoms with Crippen LogP contribution in [0.3, 0.4) is 0 Å². The minimum Gasteiger partial charge on any atom is -0.464 e. The molecule has 0 aliphatic heterocycles. The zero-order chi connectivity index (χ0) is 26.1. The van der Waals surface area contributed by atoms with Crippen LogP contribution < -0.4 is 0 Å². The van der Waals surface area contributed by atoms with Gasteiger partial charge in [-0.3, -0.25) is 4.98 Å². The number of carbonyl (C=O) groups is 1. The highest BCUT2D eigenvalue weighted by molar-refractivity contribution is 7.99. The number of aliphatic hydroxyl groups is 1. The van der Waals surface area contributed by atoms with Gasteiger partial charge in [0, 0.05) is 46.0 Å². The van der Waals surface area contributed by atoms with Crippen LogP contribution in [0.25, 0.3) is 0 Å². The summed E-state index contributed by atoms with van der Waals surface area (Å²) in [5.74, 6) is -0.238. The third-order valence-electron chi connectivity index (χ3n) is 5.31. The standard InChI is InChI=1S/C25H28Cl2N2O3S.C2H6/c1-5-32-25(31)23(30)22-16(4)29(14-17-6-8-28-9-7-17)24(21(22)15(2)3)33-20-11-18(13-26)10-19(27)12-20;1-2/h6-12,15,23,30H,5,13-14H2,1-4H3;1-2H3. The molecule has 0 radical (unpaired) electrons. The minimum atomic E-state index is -1.36. The lowest BCUT2D eigenvalue weighted by Gasteiger charge is -2.16. The van der Waals surface area contributed by atoms with Crippen LogP contribution in [0.5, 0.6) is 0 Å². The first-order chi connectivity index (χ1) is 16.8. The zero-order valence-electron chi connectivity index (χ0n) is 21.1. The SMILES string of the molecule is CC.CCOC(=O)C(O)c1c(C(C)C)c(Sc2cc(Cl)cc(CCl)c2)n(Cc2ccncc2)c1C. The van der Waals surface area contributed by atoms with E-state index in [0.29, 0.717) is 23.0 Å². The Hall–Kier alpha value is -1.99. The Morgan fingerprint density at radius 1 is 1.14 bits per heavy atom. The highest BCUT2D eigenvalue weighted by Gasteiger charge is 2.31. The number of pyridine rings is 1. The van der Waals surface area contributed by atoms with Crippen LogP contribution in [-0.2, 0) is 22.0 Å². The number of halogens is 2. The van der Waals surface area contributed by atoms with E-state index in [2.05, 4.69) is 23.4 Å². The quantitative estimate of drug-likeness (QED) is 0.226. The van der Waals surface area contributed by atoms with Crippen LogP contribution in [0.1, 0.15) is 74.6 Å². The molecule has 3 rings (SSSR count). The van der Waals surface area contributed by atoms with Crippen molar-refractivity contribution in [2.24, 2.45) is 0 Å². The molecule has 0 saturated heterocycles. The smallest absolute Gasteiger partial charge is 0.339 e. The molecule has 0 spiro atoms. The van der Waals surface area contributed by atoms with Crippen molar-refractivity contribution in [2.45, 2.75) is 75.9 Å². The Balaban J connectivity index is 0.00000210. The van der Waals surface area contributed by atoms with E-state index in [0.717, 1.165) is 32.3 Å². The fourth-order valence-corrected chi connectivity index (χ4v) is 5.70. The second-order valence-corrected chi connectivity index (χ2v) is 9.77. The van der Waals surface area contributed by atoms with Gasteiger partial charge in [-0.15, -0.1) is 11.6 Å². The van der Waals surface area contributed by atoms with E-state index in [9.17, 15) is 9.90 Å². The molecule has 8 heteroatoms. The van der Waals surface area contributed by atoms with Gasteiger partial charge in [-0.05, 0) is 66.8 Å². The van der Waals surface area contributed by atoms with Crippen LogP contribution in [0.15, 0.2) is 52.6 Å². The van der Waals surface area contributed by atoms with E-state index in [1.165, 1.54) is 0 Å². The molecule has 35 heavy (non-hydrogen) atoms. The van der Waals surface area contributed by atoms with Crippen molar-refractivity contribution in [1.29, 1.82) is 0 Å². The number of ether oxygens (including phenoxy) is 1. The largest absolute Gasteiger partial charge is 0.464 e. The van der Waals surface area contributed by atoms with Crippen LogP contribution in [0.4, 0.5) is 0 Å². The molecule has 2 heterocycles. The van der Waals surface area contributed by atoms with Gasteiger partial charge in [0.05, 0.1) is 11.6 Å². The molecule has 2 aromatic heterocycles. The van der Waals surface area contributed by atoms with E-state index in [1.807, 2.05) is 51.1 Å². The van der Waals surface area contributed by atoms with Crippen LogP contribution in [-0.4, -0.2) is 27.2 Å². The summed E-state index contributed by atoms with van der Waals surface area (Å²) >= 11 is 14.0. The van der Waals surface area contributed by atoms with Gasteiger partial charge in [-0.25, -0.2) is 4.79 Å². The van der Waals surface area contributed by atoms with Crippen molar-refractivity contribution in [3.05, 3.63) is 75.7 Å². The molecular weight excluding hydrogens is 503 g/mol. The summed E-state index contributed by atoms with van der Waals surface area (Å²) in [6, 6.07) is 9.66. The summed E-state index contributed by atoms with van der Waals surface area (Å²) in [5, 5.41) is 12.5. The maximum atomic E-state index is 12.5. The van der Waals surface area contributed by atoms with Gasteiger partial charge in [0.2, 0.25) is 0 Å². The molecule has 0 fully saturated rings. The Labute approximate surface area is 222 Å². The monoisotopic (exact) mass is 536 g/mol. The maximum Gasteiger partial charge on any atom is 0.339 e. The normalized spacial score (nSPS) is 11.7. The lowest BCUT2D eigenvalue weighted by atomic mass is 9.97. The number of benzene rings is 1. The van der Waals surface area contributed by atoms with Gasteiger partial charge >= 0.3 is 5.97 Å². The second kappa shape index (κ2) is 13.9. The van der Waals surface area contributed by atoms with E-state index < -0.39 is 12.1 Å². The van der Waals surface area contributed by atoms with Gasteiger partial charge in [0.25, 0.3) is 0 Å². The summed E-state index contributed by atoms with van der Waals surface area (Å²) in [6.07, 6.45) is 2.14. The summed E-state index contributed by atoms with van der Waals surface area (Å²) in [7, 11) is 0. The van der Waals surface area contributed by atoms with Gasteiger partial charge in [-0.2, -0.15) is 0 Å². The molecule has 0 saturated carbocycles. The first kappa shape index (κ1) is 29.2. The fraction of sp³-hybridized carbons (Fsp3) is 0.407. The van der Waals surface area contributed by atoms with Crippen molar-refractivity contribution >= 4 is 40.9 Å². The van der Waals surface area contributed by atoms with Crippen molar-refractivity contribution in [3.63, 3.8) is 0 Å². The summed E-state index contributed by atoms with van der Waals surface area (Å²) in [6.45, 7) is 12.5. The van der Waals surface area contributed by atoms with Gasteiger partial charge in [-0.1, -0.05) is 51.1 Å². The highest BCUT2D eigenvalue weighted by Crippen LogP contribution is 2.43. The molecule has 0 aliphatic carbocycles. The molecule has 0 bridgehead atoms. The minimum absolute atomic E-state index is 0.0515. The Morgan fingerprint density at radius 2 is 1.80 bits per heavy atom. The third kappa shape index (κ3) is 7.26. The molecular formula is C27H34Cl2N2O3S. The number of nitrogens with zero attached hydrogens (tertiary/aromatic N) is 2. The van der Waals surface area contributed by atoms with E-state index in [1.54, 1.807) is 31.1 Å². The summed E-state index contributed by atoms with van der Waals surface area (Å²) < 4.78 is 7.27. The van der Waals surface area contributed by atoms with Crippen LogP contribution in [0, 0.1) is 6.92 Å². The second-order valence-electron chi connectivity index (χ2n) is 8.00. The predicted octanol–water partition coefficient (Wildman–Crippen LogP) is 7.53. The Kier molecular flexibility index (Phi) is 11.6. The topological polar surface area (TPSA) is 64.3 Å². The number of hydrogen-bond acceptors (Lipinski definition) is 5. The van der Waals surface area contributed by atoms with Gasteiger partial charge in [0.1, 0.15) is 0 Å². The molecule has 1 atom stereocenters. The fourth-order valence-electron chi connectivity index (χ4n) is 3.84. The predicted molar refractivity (Wildman–Crippen MR) is 145 cm³/mol. The Morgan fingerprint density at radius 3 is 2.37 bits per heavy atom. The molecule has 1 unspecified atom stereocenters. The highest BCUT2D eigenvalue weighted by atomic mass is 35.5. The summed E-state index contributed by atoms with van der Waals surface area (Å²) in [4.78, 5) is 17.6. The van der Waals surface area contributed by atoms with E-state index in [4.69, 9.17) is 27.9 Å². The number of rotatable bonds is 9. The van der Waals surface area contributed by atoms with Crippen LogP contribution >= 0.6 is 35.0 Å². The molecule has 1 N–H and O–H groups in total. The molecule has 5 nitrogen and oxygen atoms in total. The van der Waals surface area contributed by atoms with Crippen LogP contribution in [0.2, 0.25) is 5.02 Å². The number of carbonyl (C=O) groups excluding carboxylic acids is 1. The maximum absolute atomic E-state index is 12.5. The van der Waals surface area contributed by atoms with Crippen molar-refractivity contribution in [1.82, 2.24) is 9.55 Å². The number of aromatic nitrogens is 2. The van der Waals surface area contributed by atoms with E-state index in [-0.39, 0.29) is 12.5 Å². The number of alkyl halides is 1. The molecule has 0 aliphatic rings. The number of hydrogen-bond donors (Lipinski definition) is 1. The van der Waals surface area contributed by atoms with Crippen molar-refractivity contribution in [2.75, 3.05) is 6.61 Å². The number of esters is 1. The molecule has 190 valence electrons. The molecule has 3 aromatic rings. The number of aliphatic hydroxyl groups excluding tert-OH is 1. The first-order valence-electron chi connectivity index (χ1n) is 11.8.